The van der Waals surface area contributed by atoms with Crippen LogP contribution in [0, 0.1) is 5.92 Å². The van der Waals surface area contributed by atoms with Crippen molar-refractivity contribution in [3.8, 4) is 11.5 Å². The summed E-state index contributed by atoms with van der Waals surface area (Å²) in [4.78, 5) is 53.7. The summed E-state index contributed by atoms with van der Waals surface area (Å²) in [7, 11) is 0. The van der Waals surface area contributed by atoms with Crippen LogP contribution in [0.15, 0.2) is 12.1 Å². The van der Waals surface area contributed by atoms with Gasteiger partial charge in [-0.25, -0.2) is 0 Å². The lowest BCUT2D eigenvalue weighted by molar-refractivity contribution is -0.154. The van der Waals surface area contributed by atoms with Crippen molar-refractivity contribution in [1.82, 2.24) is 9.80 Å². The van der Waals surface area contributed by atoms with E-state index in [1.54, 1.807) is 28.9 Å². The molecule has 1 saturated heterocycles. The van der Waals surface area contributed by atoms with Crippen molar-refractivity contribution in [3.05, 3.63) is 23.3 Å². The van der Waals surface area contributed by atoms with Gasteiger partial charge in [0.05, 0.1) is 13.2 Å². The van der Waals surface area contributed by atoms with Crippen LogP contribution in [0.1, 0.15) is 50.0 Å². The summed E-state index contributed by atoms with van der Waals surface area (Å²) in [6.45, 7) is 8.44. The number of Topliss-reactive ketones (excluding diaryl/α,β-unsaturated/α-hetero) is 2. The predicted molar refractivity (Wildman–Crippen MR) is 119 cm³/mol. The number of carbonyl (C=O) groups excluding carboxylic acids is 4. The molecule has 0 aromatic heterocycles. The summed E-state index contributed by atoms with van der Waals surface area (Å²) in [5.41, 5.74) is 0.980. The molecule has 2 heterocycles. The minimum absolute atomic E-state index is 0.00302. The van der Waals surface area contributed by atoms with Crippen LogP contribution in [-0.4, -0.2) is 78.9 Å². The molecule has 0 spiro atoms. The highest BCUT2D eigenvalue weighted by Gasteiger charge is 2.36. The molecule has 9 heteroatoms. The van der Waals surface area contributed by atoms with E-state index in [1.807, 2.05) is 13.8 Å². The average molecular weight is 461 g/mol. The number of nitrogens with zero attached hydrogens (tertiary/aromatic N) is 2. The average Bonchev–Trinajstić information content (AvgIpc) is 3.20. The largest absolute Gasteiger partial charge is 0.465 e. The lowest BCUT2D eigenvalue weighted by Gasteiger charge is -2.40. The van der Waals surface area contributed by atoms with Crippen LogP contribution in [0.3, 0.4) is 0 Å². The molecule has 0 bridgehead atoms. The summed E-state index contributed by atoms with van der Waals surface area (Å²) in [5.74, 6) is 0.447. The fraction of sp³-hybridized carbons (Fsp3) is 0.583. The van der Waals surface area contributed by atoms with Gasteiger partial charge in [0, 0.05) is 38.0 Å². The molecule has 1 fully saturated rings. The molecule has 1 aromatic rings. The van der Waals surface area contributed by atoms with Gasteiger partial charge < -0.3 is 19.1 Å². The van der Waals surface area contributed by atoms with Crippen molar-refractivity contribution < 1.29 is 33.4 Å². The Morgan fingerprint density at radius 3 is 2.45 bits per heavy atom. The monoisotopic (exact) mass is 460 g/mol. The Morgan fingerprint density at radius 2 is 1.82 bits per heavy atom. The van der Waals surface area contributed by atoms with Crippen molar-refractivity contribution >= 4 is 23.4 Å². The van der Waals surface area contributed by atoms with Crippen molar-refractivity contribution in [2.45, 2.75) is 46.6 Å². The third-order valence-corrected chi connectivity index (χ3v) is 5.73. The number of carbonyl (C=O) groups is 4. The molecular formula is C24H32N2O7. The second-order valence-corrected chi connectivity index (χ2v) is 8.81. The highest BCUT2D eigenvalue weighted by molar-refractivity contribution is 5.98. The summed E-state index contributed by atoms with van der Waals surface area (Å²) < 4.78 is 15.9. The standard InChI is InChI=1S/C24H32N2O7/c1-5-31-24(30)20-13-26(23(29)8-15(2)3)7-6-25(20)12-18(28)9-17-10-21-22(33-14-32-21)11-19(17)16(4)27/h10-11,15,20H,5-9,12-14H2,1-4H3. The molecule has 2 aliphatic heterocycles. The van der Waals surface area contributed by atoms with Gasteiger partial charge in [-0.15, -0.1) is 0 Å². The quantitative estimate of drug-likeness (QED) is 0.406. The van der Waals surface area contributed by atoms with E-state index in [0.29, 0.717) is 42.1 Å². The number of hydrogen-bond acceptors (Lipinski definition) is 8. The molecule has 1 unspecified atom stereocenters. The normalized spacial score (nSPS) is 17.8. The van der Waals surface area contributed by atoms with Gasteiger partial charge in [0.2, 0.25) is 12.7 Å². The van der Waals surface area contributed by atoms with Crippen molar-refractivity contribution in [2.75, 3.05) is 39.6 Å². The fourth-order valence-corrected chi connectivity index (χ4v) is 4.13. The number of ether oxygens (including phenoxy) is 3. The smallest absolute Gasteiger partial charge is 0.325 e. The Balaban J connectivity index is 1.72. The van der Waals surface area contributed by atoms with Gasteiger partial charge in [-0.05, 0) is 37.5 Å². The van der Waals surface area contributed by atoms with E-state index in [2.05, 4.69) is 0 Å². The molecular weight excluding hydrogens is 428 g/mol. The van der Waals surface area contributed by atoms with Gasteiger partial charge >= 0.3 is 5.97 Å². The van der Waals surface area contributed by atoms with Crippen LogP contribution in [0.25, 0.3) is 0 Å². The maximum absolute atomic E-state index is 13.0. The summed E-state index contributed by atoms with van der Waals surface area (Å²) in [5, 5.41) is 0. The van der Waals surface area contributed by atoms with Gasteiger partial charge in [-0.3, -0.25) is 24.1 Å². The number of esters is 1. The number of amides is 1. The molecule has 1 atom stereocenters. The Morgan fingerprint density at radius 1 is 1.12 bits per heavy atom. The van der Waals surface area contributed by atoms with E-state index in [4.69, 9.17) is 14.2 Å². The molecule has 1 amide bonds. The Labute approximate surface area is 193 Å². The molecule has 3 rings (SSSR count). The first kappa shape index (κ1) is 24.7. The lowest BCUT2D eigenvalue weighted by atomic mass is 9.98. The van der Waals surface area contributed by atoms with Crippen LogP contribution in [0.4, 0.5) is 0 Å². The van der Waals surface area contributed by atoms with Crippen molar-refractivity contribution in [2.24, 2.45) is 5.92 Å². The first-order valence-electron chi connectivity index (χ1n) is 11.3. The number of benzene rings is 1. The number of hydrogen-bond donors (Lipinski definition) is 0. The van der Waals surface area contributed by atoms with Crippen LogP contribution in [0.2, 0.25) is 0 Å². The zero-order valence-electron chi connectivity index (χ0n) is 19.7. The highest BCUT2D eigenvalue weighted by atomic mass is 16.7. The summed E-state index contributed by atoms with van der Waals surface area (Å²) in [6.07, 6.45) is 0.431. The molecule has 33 heavy (non-hydrogen) atoms. The van der Waals surface area contributed by atoms with E-state index < -0.39 is 12.0 Å². The number of rotatable bonds is 9. The first-order valence-corrected chi connectivity index (χ1v) is 11.3. The summed E-state index contributed by atoms with van der Waals surface area (Å²) >= 11 is 0. The second-order valence-electron chi connectivity index (χ2n) is 8.81. The van der Waals surface area contributed by atoms with Gasteiger partial charge in [0.15, 0.2) is 23.1 Å². The van der Waals surface area contributed by atoms with E-state index in [9.17, 15) is 19.2 Å². The topological polar surface area (TPSA) is 102 Å². The van der Waals surface area contributed by atoms with Gasteiger partial charge in [0.1, 0.15) is 6.04 Å². The van der Waals surface area contributed by atoms with Gasteiger partial charge in [-0.2, -0.15) is 0 Å². The zero-order valence-corrected chi connectivity index (χ0v) is 19.7. The van der Waals surface area contributed by atoms with Crippen LogP contribution in [0.5, 0.6) is 11.5 Å². The van der Waals surface area contributed by atoms with Crippen molar-refractivity contribution in [3.63, 3.8) is 0 Å². The SMILES string of the molecule is CCOC(=O)C1CN(C(=O)CC(C)C)CCN1CC(=O)Cc1cc2c(cc1C(C)=O)OCO2. The van der Waals surface area contributed by atoms with E-state index in [0.717, 1.165) is 0 Å². The van der Waals surface area contributed by atoms with Crippen LogP contribution >= 0.6 is 0 Å². The maximum Gasteiger partial charge on any atom is 0.325 e. The predicted octanol–water partition coefficient (Wildman–Crippen LogP) is 1.85. The first-order chi connectivity index (χ1) is 15.7. The number of piperazine rings is 1. The van der Waals surface area contributed by atoms with Crippen LogP contribution in [-0.2, 0) is 25.5 Å². The lowest BCUT2D eigenvalue weighted by Crippen LogP contribution is -2.59. The number of ketones is 2. The number of fused-ring (bicyclic) bond motifs is 1. The minimum atomic E-state index is -0.706. The third kappa shape index (κ3) is 6.10. The highest BCUT2D eigenvalue weighted by Crippen LogP contribution is 2.35. The molecule has 0 aliphatic carbocycles. The van der Waals surface area contributed by atoms with Gasteiger partial charge in [0.25, 0.3) is 0 Å². The Hall–Kier alpha value is -2.94. The van der Waals surface area contributed by atoms with E-state index in [-0.39, 0.29) is 56.3 Å². The van der Waals surface area contributed by atoms with Gasteiger partial charge in [-0.1, -0.05) is 13.8 Å². The molecule has 1 aromatic carbocycles. The molecule has 0 radical (unpaired) electrons. The fourth-order valence-electron chi connectivity index (χ4n) is 4.13. The van der Waals surface area contributed by atoms with E-state index >= 15 is 0 Å². The Bertz CT molecular complexity index is 928. The molecule has 180 valence electrons. The molecule has 2 aliphatic rings. The Kier molecular flexibility index (Phi) is 8.07. The summed E-state index contributed by atoms with van der Waals surface area (Å²) in [6, 6.07) is 2.57. The van der Waals surface area contributed by atoms with E-state index in [1.165, 1.54) is 6.92 Å². The third-order valence-electron chi connectivity index (χ3n) is 5.73. The maximum atomic E-state index is 13.0. The van der Waals surface area contributed by atoms with Crippen molar-refractivity contribution in [1.29, 1.82) is 0 Å². The second kappa shape index (κ2) is 10.8. The zero-order chi connectivity index (χ0) is 24.1. The minimum Gasteiger partial charge on any atom is -0.465 e. The molecule has 0 saturated carbocycles. The molecule has 0 N–H and O–H groups in total. The van der Waals surface area contributed by atoms with Crippen LogP contribution < -0.4 is 9.47 Å². The molecule has 9 nitrogen and oxygen atoms in total.